The van der Waals surface area contributed by atoms with Gasteiger partial charge in [0.15, 0.2) is 0 Å². The molecule has 3 rings (SSSR count). The molecule has 1 fully saturated rings. The first kappa shape index (κ1) is 20.9. The lowest BCUT2D eigenvalue weighted by Crippen LogP contribution is -2.52. The standard InChI is InChI=1S/C22H28ClNO4/c1-6-14-12-22(9-10-27-14)18(28-20(26)21(3,4)5)17(19(25)24-22)15-8-7-13(2)11-16(15)23/h7-8,11,14H,6,9-10,12H2,1-5H3,(H,24,25). The van der Waals surface area contributed by atoms with E-state index in [1.807, 2.05) is 32.0 Å². The Bertz CT molecular complexity index is 839. The van der Waals surface area contributed by atoms with Crippen LogP contribution in [0.3, 0.4) is 0 Å². The van der Waals surface area contributed by atoms with Crippen LogP contribution < -0.4 is 5.32 Å². The first-order valence-electron chi connectivity index (χ1n) is 9.75. The Balaban J connectivity index is 2.16. The molecular weight excluding hydrogens is 378 g/mol. The molecule has 2 aliphatic heterocycles. The second kappa shape index (κ2) is 7.53. The molecule has 0 saturated carbocycles. The Morgan fingerprint density at radius 2 is 2.11 bits per heavy atom. The van der Waals surface area contributed by atoms with E-state index in [-0.39, 0.29) is 18.0 Å². The van der Waals surface area contributed by atoms with Crippen molar-refractivity contribution >= 4 is 29.1 Å². The summed E-state index contributed by atoms with van der Waals surface area (Å²) in [7, 11) is 0. The Labute approximate surface area is 171 Å². The third-order valence-corrected chi connectivity index (χ3v) is 5.67. The maximum absolute atomic E-state index is 13.1. The molecule has 0 aliphatic carbocycles. The summed E-state index contributed by atoms with van der Waals surface area (Å²) in [5.74, 6) is -0.261. The van der Waals surface area contributed by atoms with Crippen LogP contribution in [0.1, 0.15) is 58.1 Å². The van der Waals surface area contributed by atoms with Crippen molar-refractivity contribution in [3.63, 3.8) is 0 Å². The number of hydrogen-bond donors (Lipinski definition) is 1. The van der Waals surface area contributed by atoms with E-state index in [4.69, 9.17) is 21.1 Å². The van der Waals surface area contributed by atoms with Gasteiger partial charge < -0.3 is 14.8 Å². The summed E-state index contributed by atoms with van der Waals surface area (Å²) >= 11 is 6.47. The minimum atomic E-state index is -0.750. The van der Waals surface area contributed by atoms with Crippen LogP contribution in [0.4, 0.5) is 0 Å². The Morgan fingerprint density at radius 3 is 2.71 bits per heavy atom. The SMILES string of the molecule is CCC1CC2(CCO1)NC(=O)C(c1ccc(C)cc1Cl)=C2OC(=O)C(C)(C)C. The highest BCUT2D eigenvalue weighted by atomic mass is 35.5. The number of hydrogen-bond acceptors (Lipinski definition) is 4. The Morgan fingerprint density at radius 1 is 1.39 bits per heavy atom. The van der Waals surface area contributed by atoms with Crippen molar-refractivity contribution < 1.29 is 19.1 Å². The van der Waals surface area contributed by atoms with Crippen LogP contribution in [0.15, 0.2) is 24.0 Å². The normalized spacial score (nSPS) is 25.2. The second-order valence-electron chi connectivity index (χ2n) is 8.72. The van der Waals surface area contributed by atoms with Gasteiger partial charge in [-0.1, -0.05) is 30.7 Å². The number of esters is 1. The molecule has 1 amide bonds. The number of carbonyl (C=O) groups excluding carboxylic acids is 2. The molecule has 2 atom stereocenters. The topological polar surface area (TPSA) is 64.6 Å². The fourth-order valence-corrected chi connectivity index (χ4v) is 4.00. The van der Waals surface area contributed by atoms with Gasteiger partial charge in [0.2, 0.25) is 0 Å². The van der Waals surface area contributed by atoms with E-state index in [9.17, 15) is 9.59 Å². The molecule has 1 saturated heterocycles. The molecule has 152 valence electrons. The van der Waals surface area contributed by atoms with E-state index in [1.165, 1.54) is 0 Å². The maximum Gasteiger partial charge on any atom is 0.316 e. The first-order chi connectivity index (χ1) is 13.1. The van der Waals surface area contributed by atoms with E-state index >= 15 is 0 Å². The number of rotatable bonds is 3. The molecule has 2 aliphatic rings. The van der Waals surface area contributed by atoms with Crippen LogP contribution in [0.25, 0.3) is 5.57 Å². The van der Waals surface area contributed by atoms with Crippen molar-refractivity contribution in [2.45, 2.75) is 65.5 Å². The molecule has 5 nitrogen and oxygen atoms in total. The van der Waals surface area contributed by atoms with Crippen molar-refractivity contribution in [1.29, 1.82) is 0 Å². The average Bonchev–Trinajstić information content (AvgIpc) is 2.85. The van der Waals surface area contributed by atoms with Gasteiger partial charge in [0, 0.05) is 30.0 Å². The fraction of sp³-hybridized carbons (Fsp3) is 0.545. The van der Waals surface area contributed by atoms with Crippen LogP contribution in [0.2, 0.25) is 5.02 Å². The maximum atomic E-state index is 13.1. The molecule has 1 spiro atoms. The van der Waals surface area contributed by atoms with Crippen molar-refractivity contribution in [1.82, 2.24) is 5.32 Å². The van der Waals surface area contributed by atoms with E-state index in [0.29, 0.717) is 41.4 Å². The van der Waals surface area contributed by atoms with Gasteiger partial charge in [0.25, 0.3) is 5.91 Å². The highest BCUT2D eigenvalue weighted by Gasteiger charge is 2.51. The number of carbonyl (C=O) groups is 2. The van der Waals surface area contributed by atoms with Crippen molar-refractivity contribution in [3.05, 3.63) is 40.1 Å². The number of nitrogens with one attached hydrogen (secondary N) is 1. The summed E-state index contributed by atoms with van der Waals surface area (Å²) < 4.78 is 11.7. The number of aryl methyl sites for hydroxylation is 1. The Hall–Kier alpha value is -1.85. The number of ether oxygens (including phenoxy) is 2. The van der Waals surface area contributed by atoms with Crippen molar-refractivity contribution in [2.75, 3.05) is 6.61 Å². The summed E-state index contributed by atoms with van der Waals surface area (Å²) in [6, 6.07) is 5.52. The zero-order valence-corrected chi connectivity index (χ0v) is 17.9. The van der Waals surface area contributed by atoms with Gasteiger partial charge >= 0.3 is 5.97 Å². The molecule has 6 heteroatoms. The molecule has 2 unspecified atom stereocenters. The molecule has 1 N–H and O–H groups in total. The lowest BCUT2D eigenvalue weighted by Gasteiger charge is -2.39. The summed E-state index contributed by atoms with van der Waals surface area (Å²) in [6.45, 7) is 9.86. The predicted octanol–water partition coefficient (Wildman–Crippen LogP) is 4.41. The molecule has 2 heterocycles. The highest BCUT2D eigenvalue weighted by molar-refractivity contribution is 6.35. The third kappa shape index (κ3) is 3.83. The van der Waals surface area contributed by atoms with Crippen molar-refractivity contribution in [2.24, 2.45) is 5.41 Å². The number of amides is 1. The van der Waals surface area contributed by atoms with Crippen LogP contribution >= 0.6 is 11.6 Å². The summed E-state index contributed by atoms with van der Waals surface area (Å²) in [5, 5.41) is 3.57. The van der Waals surface area contributed by atoms with Gasteiger partial charge in [-0.15, -0.1) is 0 Å². The Kier molecular flexibility index (Phi) is 5.61. The van der Waals surface area contributed by atoms with Gasteiger partial charge in [-0.05, 0) is 45.7 Å². The molecule has 0 aromatic heterocycles. The lowest BCUT2D eigenvalue weighted by molar-refractivity contribution is -0.150. The first-order valence-corrected chi connectivity index (χ1v) is 10.1. The quantitative estimate of drug-likeness (QED) is 0.756. The van der Waals surface area contributed by atoms with Gasteiger partial charge in [-0.2, -0.15) is 0 Å². The molecule has 28 heavy (non-hydrogen) atoms. The zero-order chi connectivity index (χ0) is 20.7. The predicted molar refractivity (Wildman–Crippen MR) is 109 cm³/mol. The van der Waals surface area contributed by atoms with E-state index in [1.54, 1.807) is 20.8 Å². The van der Waals surface area contributed by atoms with Crippen LogP contribution in [0, 0.1) is 12.3 Å². The monoisotopic (exact) mass is 405 g/mol. The highest BCUT2D eigenvalue weighted by Crippen LogP contribution is 2.44. The molecule has 1 aromatic carbocycles. The van der Waals surface area contributed by atoms with Gasteiger partial charge in [-0.3, -0.25) is 9.59 Å². The van der Waals surface area contributed by atoms with Crippen LogP contribution in [-0.4, -0.2) is 30.1 Å². The molecular formula is C22H28ClNO4. The average molecular weight is 406 g/mol. The molecule has 1 aromatic rings. The third-order valence-electron chi connectivity index (χ3n) is 5.36. The molecule has 0 radical (unpaired) electrons. The van der Waals surface area contributed by atoms with Crippen LogP contribution in [-0.2, 0) is 19.1 Å². The van der Waals surface area contributed by atoms with E-state index in [2.05, 4.69) is 5.32 Å². The largest absolute Gasteiger partial charge is 0.427 e. The van der Waals surface area contributed by atoms with Gasteiger partial charge in [0.05, 0.1) is 17.1 Å². The van der Waals surface area contributed by atoms with E-state index in [0.717, 1.165) is 12.0 Å². The smallest absolute Gasteiger partial charge is 0.316 e. The van der Waals surface area contributed by atoms with E-state index < -0.39 is 11.0 Å². The summed E-state index contributed by atoms with van der Waals surface area (Å²) in [6.07, 6.45) is 1.92. The van der Waals surface area contributed by atoms with Crippen LogP contribution in [0.5, 0.6) is 0 Å². The van der Waals surface area contributed by atoms with Gasteiger partial charge in [-0.25, -0.2) is 0 Å². The number of benzene rings is 1. The summed E-state index contributed by atoms with van der Waals surface area (Å²) in [5.41, 5.74) is 0.475. The van der Waals surface area contributed by atoms with Gasteiger partial charge in [0.1, 0.15) is 11.3 Å². The minimum absolute atomic E-state index is 0.00905. The molecule has 0 bridgehead atoms. The lowest BCUT2D eigenvalue weighted by atomic mass is 9.83. The fourth-order valence-electron chi connectivity index (χ4n) is 3.67. The number of halogens is 1. The zero-order valence-electron chi connectivity index (χ0n) is 17.1. The van der Waals surface area contributed by atoms with Crippen molar-refractivity contribution in [3.8, 4) is 0 Å². The second-order valence-corrected chi connectivity index (χ2v) is 9.13. The minimum Gasteiger partial charge on any atom is -0.427 e. The summed E-state index contributed by atoms with van der Waals surface area (Å²) in [4.78, 5) is 25.8.